The summed E-state index contributed by atoms with van der Waals surface area (Å²) in [7, 11) is 0. The highest BCUT2D eigenvalue weighted by Crippen LogP contribution is 2.49. The first-order chi connectivity index (χ1) is 9.13. The standard InChI is InChI=1S/C15H16O4/c1-10(14(16)17)15-9-12(11-5-3-2-4-6-11)19-13(15)7-8-18-15/h2-6,12-13H,1,7-9H2,(H,16,17). The van der Waals surface area contributed by atoms with Crippen molar-refractivity contribution in [1.29, 1.82) is 0 Å². The van der Waals surface area contributed by atoms with Gasteiger partial charge in [-0.2, -0.15) is 0 Å². The number of rotatable bonds is 3. The van der Waals surface area contributed by atoms with E-state index < -0.39 is 11.6 Å². The zero-order valence-electron chi connectivity index (χ0n) is 10.5. The van der Waals surface area contributed by atoms with E-state index in [9.17, 15) is 9.90 Å². The van der Waals surface area contributed by atoms with Crippen LogP contribution in [0.4, 0.5) is 0 Å². The van der Waals surface area contributed by atoms with E-state index in [1.54, 1.807) is 0 Å². The molecular formula is C15H16O4. The Morgan fingerprint density at radius 1 is 1.37 bits per heavy atom. The summed E-state index contributed by atoms with van der Waals surface area (Å²) < 4.78 is 11.7. The predicted molar refractivity (Wildman–Crippen MR) is 68.7 cm³/mol. The largest absolute Gasteiger partial charge is 0.478 e. The predicted octanol–water partition coefficient (Wildman–Crippen LogP) is 2.32. The van der Waals surface area contributed by atoms with Gasteiger partial charge in [-0.25, -0.2) is 4.79 Å². The van der Waals surface area contributed by atoms with Gasteiger partial charge in [-0.1, -0.05) is 36.9 Å². The average molecular weight is 260 g/mol. The van der Waals surface area contributed by atoms with Crippen molar-refractivity contribution >= 4 is 5.97 Å². The molecule has 2 fully saturated rings. The number of benzene rings is 1. The van der Waals surface area contributed by atoms with Crippen molar-refractivity contribution in [1.82, 2.24) is 0 Å². The fourth-order valence-electron chi connectivity index (χ4n) is 3.01. The van der Waals surface area contributed by atoms with Crippen LogP contribution < -0.4 is 0 Å². The quantitative estimate of drug-likeness (QED) is 0.847. The van der Waals surface area contributed by atoms with Gasteiger partial charge in [0.05, 0.1) is 24.4 Å². The minimum atomic E-state index is -1.01. The monoisotopic (exact) mass is 260 g/mol. The van der Waals surface area contributed by atoms with E-state index in [1.165, 1.54) is 0 Å². The number of carboxylic acid groups (broad SMARTS) is 1. The van der Waals surface area contributed by atoms with Crippen LogP contribution in [-0.4, -0.2) is 29.4 Å². The SMILES string of the molecule is C=C(C(=O)O)C12CC(c3ccccc3)OC1CCO2. The van der Waals surface area contributed by atoms with Crippen LogP contribution in [0.2, 0.25) is 0 Å². The molecule has 0 radical (unpaired) electrons. The van der Waals surface area contributed by atoms with Crippen LogP contribution in [0.5, 0.6) is 0 Å². The first-order valence-electron chi connectivity index (χ1n) is 6.40. The van der Waals surface area contributed by atoms with Crippen molar-refractivity contribution in [2.45, 2.75) is 30.7 Å². The molecule has 3 rings (SSSR count). The van der Waals surface area contributed by atoms with Crippen LogP contribution in [-0.2, 0) is 14.3 Å². The molecule has 0 amide bonds. The number of aliphatic carboxylic acids is 1. The van der Waals surface area contributed by atoms with E-state index >= 15 is 0 Å². The minimum absolute atomic E-state index is 0.105. The highest BCUT2D eigenvalue weighted by atomic mass is 16.6. The van der Waals surface area contributed by atoms with Crippen molar-refractivity contribution in [3.8, 4) is 0 Å². The summed E-state index contributed by atoms with van der Waals surface area (Å²) in [6.45, 7) is 4.22. The Hall–Kier alpha value is -1.65. The summed E-state index contributed by atoms with van der Waals surface area (Å²) in [5.74, 6) is -1.01. The Labute approximate surface area is 111 Å². The van der Waals surface area contributed by atoms with Crippen LogP contribution >= 0.6 is 0 Å². The lowest BCUT2D eigenvalue weighted by Gasteiger charge is -2.26. The highest BCUT2D eigenvalue weighted by Gasteiger charge is 2.56. The third-order valence-corrected chi connectivity index (χ3v) is 4.02. The van der Waals surface area contributed by atoms with Crippen LogP contribution in [0.15, 0.2) is 42.5 Å². The second-order valence-electron chi connectivity index (χ2n) is 5.04. The number of carbonyl (C=O) groups is 1. The minimum Gasteiger partial charge on any atom is -0.478 e. The fourth-order valence-corrected chi connectivity index (χ4v) is 3.01. The normalized spacial score (nSPS) is 33.1. The molecule has 1 N–H and O–H groups in total. The molecule has 2 saturated heterocycles. The van der Waals surface area contributed by atoms with Crippen LogP contribution in [0.25, 0.3) is 0 Å². The summed E-state index contributed by atoms with van der Waals surface area (Å²) in [5.41, 5.74) is 0.304. The molecular weight excluding hydrogens is 244 g/mol. The molecule has 1 aromatic carbocycles. The number of hydrogen-bond acceptors (Lipinski definition) is 3. The molecule has 1 aromatic rings. The number of carboxylic acids is 1. The molecule has 4 heteroatoms. The summed E-state index contributed by atoms with van der Waals surface area (Å²) in [5, 5.41) is 9.21. The molecule has 0 bridgehead atoms. The van der Waals surface area contributed by atoms with E-state index in [0.29, 0.717) is 13.0 Å². The molecule has 0 spiro atoms. The molecule has 0 aromatic heterocycles. The summed E-state index contributed by atoms with van der Waals surface area (Å²) >= 11 is 0. The van der Waals surface area contributed by atoms with Gasteiger partial charge in [0, 0.05) is 12.8 Å². The molecule has 2 aliphatic rings. The molecule has 0 aliphatic carbocycles. The maximum Gasteiger partial charge on any atom is 0.334 e. The van der Waals surface area contributed by atoms with Gasteiger partial charge in [-0.3, -0.25) is 0 Å². The van der Waals surface area contributed by atoms with Gasteiger partial charge in [0.1, 0.15) is 5.60 Å². The third kappa shape index (κ3) is 1.88. The van der Waals surface area contributed by atoms with Gasteiger partial charge in [-0.05, 0) is 5.56 Å². The first kappa shape index (κ1) is 12.4. The number of hydrogen-bond donors (Lipinski definition) is 1. The van der Waals surface area contributed by atoms with Crippen molar-refractivity contribution in [3.05, 3.63) is 48.0 Å². The zero-order valence-corrected chi connectivity index (χ0v) is 10.5. The Kier molecular flexibility index (Phi) is 2.92. The molecule has 3 unspecified atom stereocenters. The Morgan fingerprint density at radius 2 is 2.11 bits per heavy atom. The van der Waals surface area contributed by atoms with E-state index in [0.717, 1.165) is 12.0 Å². The Balaban J connectivity index is 1.90. The van der Waals surface area contributed by atoms with Gasteiger partial charge in [-0.15, -0.1) is 0 Å². The summed E-state index contributed by atoms with van der Waals surface area (Å²) in [6, 6.07) is 9.83. The van der Waals surface area contributed by atoms with Crippen molar-refractivity contribution in [3.63, 3.8) is 0 Å². The smallest absolute Gasteiger partial charge is 0.334 e. The lowest BCUT2D eigenvalue weighted by Crippen LogP contribution is -2.39. The molecule has 2 heterocycles. The van der Waals surface area contributed by atoms with E-state index in [4.69, 9.17) is 9.47 Å². The fraction of sp³-hybridized carbons (Fsp3) is 0.400. The lowest BCUT2D eigenvalue weighted by atomic mass is 9.85. The van der Waals surface area contributed by atoms with Crippen LogP contribution in [0, 0.1) is 0 Å². The Morgan fingerprint density at radius 3 is 2.79 bits per heavy atom. The second-order valence-corrected chi connectivity index (χ2v) is 5.04. The van der Waals surface area contributed by atoms with Gasteiger partial charge in [0.25, 0.3) is 0 Å². The first-order valence-corrected chi connectivity index (χ1v) is 6.40. The molecule has 3 atom stereocenters. The molecule has 100 valence electrons. The van der Waals surface area contributed by atoms with E-state index in [-0.39, 0.29) is 17.8 Å². The molecule has 2 aliphatic heterocycles. The van der Waals surface area contributed by atoms with Crippen LogP contribution in [0.3, 0.4) is 0 Å². The number of ether oxygens (including phenoxy) is 2. The molecule has 0 saturated carbocycles. The van der Waals surface area contributed by atoms with E-state index in [1.807, 2.05) is 30.3 Å². The maximum absolute atomic E-state index is 11.2. The third-order valence-electron chi connectivity index (χ3n) is 4.02. The van der Waals surface area contributed by atoms with Gasteiger partial charge in [0.15, 0.2) is 0 Å². The zero-order chi connectivity index (χ0) is 13.5. The average Bonchev–Trinajstić information content (AvgIpc) is 2.96. The highest BCUT2D eigenvalue weighted by molar-refractivity contribution is 5.88. The molecule has 4 nitrogen and oxygen atoms in total. The van der Waals surface area contributed by atoms with E-state index in [2.05, 4.69) is 6.58 Å². The maximum atomic E-state index is 11.2. The summed E-state index contributed by atoms with van der Waals surface area (Å²) in [6.07, 6.45) is 0.909. The summed E-state index contributed by atoms with van der Waals surface area (Å²) in [4.78, 5) is 11.2. The van der Waals surface area contributed by atoms with Crippen molar-refractivity contribution in [2.24, 2.45) is 0 Å². The topological polar surface area (TPSA) is 55.8 Å². The van der Waals surface area contributed by atoms with Crippen LogP contribution in [0.1, 0.15) is 24.5 Å². The second kappa shape index (κ2) is 4.47. The number of fused-ring (bicyclic) bond motifs is 1. The van der Waals surface area contributed by atoms with Gasteiger partial charge >= 0.3 is 5.97 Å². The van der Waals surface area contributed by atoms with Crippen molar-refractivity contribution in [2.75, 3.05) is 6.61 Å². The van der Waals surface area contributed by atoms with Gasteiger partial charge < -0.3 is 14.6 Å². The Bertz CT molecular complexity index is 510. The van der Waals surface area contributed by atoms with Crippen molar-refractivity contribution < 1.29 is 19.4 Å². The van der Waals surface area contributed by atoms with Gasteiger partial charge in [0.2, 0.25) is 0 Å². The molecule has 19 heavy (non-hydrogen) atoms. The lowest BCUT2D eigenvalue weighted by molar-refractivity contribution is -0.136.